The summed E-state index contributed by atoms with van der Waals surface area (Å²) in [6, 6.07) is -0.372. The number of hydrogen-bond acceptors (Lipinski definition) is 4. The number of rotatable bonds is 14. The Bertz CT molecular complexity index is 428. The molecule has 2 N–H and O–H groups in total. The van der Waals surface area contributed by atoms with Crippen LogP contribution >= 0.6 is 0 Å². The van der Waals surface area contributed by atoms with E-state index in [1.807, 2.05) is 53.8 Å². The molecule has 0 aromatic rings. The Morgan fingerprint density at radius 3 is 2.11 bits per heavy atom. The average molecular weight is 381 g/mol. The molecule has 0 aliphatic rings. The van der Waals surface area contributed by atoms with Crippen molar-refractivity contribution in [3.8, 4) is 0 Å². The van der Waals surface area contributed by atoms with Gasteiger partial charge in [0.15, 0.2) is 0 Å². The lowest BCUT2D eigenvalue weighted by atomic mass is 9.98. The molecule has 0 bridgehead atoms. The van der Waals surface area contributed by atoms with Crippen LogP contribution in [0.15, 0.2) is 36.6 Å². The summed E-state index contributed by atoms with van der Waals surface area (Å²) in [5, 5.41) is 6.17. The van der Waals surface area contributed by atoms with E-state index in [2.05, 4.69) is 30.7 Å². The minimum Gasteiger partial charge on any atom is -0.376 e. The first-order chi connectivity index (χ1) is 12.9. The number of ketones is 1. The van der Waals surface area contributed by atoms with Crippen LogP contribution in [0.2, 0.25) is 0 Å². The molecular formula is C23H44N2O2. The molecule has 0 heterocycles. The zero-order valence-corrected chi connectivity index (χ0v) is 18.9. The van der Waals surface area contributed by atoms with Crippen molar-refractivity contribution in [2.45, 2.75) is 79.7 Å². The van der Waals surface area contributed by atoms with Gasteiger partial charge < -0.3 is 15.4 Å². The molecule has 2 unspecified atom stereocenters. The third-order valence-electron chi connectivity index (χ3n) is 3.76. The summed E-state index contributed by atoms with van der Waals surface area (Å²) in [7, 11) is 1.93. The van der Waals surface area contributed by atoms with Crippen LogP contribution in [0.4, 0.5) is 0 Å². The van der Waals surface area contributed by atoms with Crippen LogP contribution in [0.3, 0.4) is 0 Å². The fourth-order valence-electron chi connectivity index (χ4n) is 2.10. The van der Waals surface area contributed by atoms with Gasteiger partial charge in [0.25, 0.3) is 0 Å². The van der Waals surface area contributed by atoms with Gasteiger partial charge in [0.2, 0.25) is 0 Å². The van der Waals surface area contributed by atoms with Gasteiger partial charge in [-0.25, -0.2) is 0 Å². The molecular weight excluding hydrogens is 336 g/mol. The molecule has 0 aliphatic carbocycles. The molecule has 2 atom stereocenters. The fourth-order valence-corrected chi connectivity index (χ4v) is 2.10. The first-order valence-corrected chi connectivity index (χ1v) is 10.4. The highest BCUT2D eigenvalue weighted by atomic mass is 16.1. The quantitative estimate of drug-likeness (QED) is 0.320. The van der Waals surface area contributed by atoms with E-state index >= 15 is 0 Å². The summed E-state index contributed by atoms with van der Waals surface area (Å²) in [6.07, 6.45) is 7.99. The molecule has 0 aromatic heterocycles. The highest BCUT2D eigenvalue weighted by Crippen LogP contribution is 2.14. The van der Waals surface area contributed by atoms with Crippen molar-refractivity contribution >= 4 is 12.1 Å². The van der Waals surface area contributed by atoms with Crippen molar-refractivity contribution in [2.75, 3.05) is 13.6 Å². The minimum absolute atomic E-state index is 0.203. The Morgan fingerprint density at radius 1 is 1.04 bits per heavy atom. The molecule has 0 aliphatic heterocycles. The number of nitrogens with one attached hydrogen (secondary N) is 2. The summed E-state index contributed by atoms with van der Waals surface area (Å²) in [4.78, 5) is 22.6. The van der Waals surface area contributed by atoms with Crippen LogP contribution in [0.1, 0.15) is 73.6 Å². The van der Waals surface area contributed by atoms with E-state index in [0.717, 1.165) is 31.2 Å². The molecule has 0 fully saturated rings. The van der Waals surface area contributed by atoms with E-state index in [-0.39, 0.29) is 11.8 Å². The van der Waals surface area contributed by atoms with Crippen molar-refractivity contribution in [1.29, 1.82) is 0 Å². The van der Waals surface area contributed by atoms with Crippen LogP contribution in [0.25, 0.3) is 0 Å². The first kappa shape index (κ1) is 30.1. The monoisotopic (exact) mass is 380 g/mol. The largest absolute Gasteiger partial charge is 0.376 e. The van der Waals surface area contributed by atoms with Crippen LogP contribution in [0.5, 0.6) is 0 Å². The zero-order chi connectivity index (χ0) is 21.7. The maximum absolute atomic E-state index is 11.5. The summed E-state index contributed by atoms with van der Waals surface area (Å²) in [6.45, 7) is 21.0. The van der Waals surface area contributed by atoms with Gasteiger partial charge in [0.05, 0.1) is 6.04 Å². The summed E-state index contributed by atoms with van der Waals surface area (Å²) in [5.74, 6) is 0.592. The maximum atomic E-state index is 11.5. The van der Waals surface area contributed by atoms with Gasteiger partial charge in [-0.3, -0.25) is 4.79 Å². The summed E-state index contributed by atoms with van der Waals surface area (Å²) in [5.41, 5.74) is 1.69. The molecule has 4 nitrogen and oxygen atoms in total. The van der Waals surface area contributed by atoms with E-state index < -0.39 is 0 Å². The van der Waals surface area contributed by atoms with Crippen molar-refractivity contribution in [2.24, 2.45) is 5.92 Å². The predicted octanol–water partition coefficient (Wildman–Crippen LogP) is 5.22. The lowest BCUT2D eigenvalue weighted by molar-refractivity contribution is -0.119. The van der Waals surface area contributed by atoms with E-state index in [4.69, 9.17) is 0 Å². The van der Waals surface area contributed by atoms with E-state index in [0.29, 0.717) is 30.9 Å². The van der Waals surface area contributed by atoms with Crippen molar-refractivity contribution < 1.29 is 9.59 Å². The summed E-state index contributed by atoms with van der Waals surface area (Å²) >= 11 is 0. The Morgan fingerprint density at radius 2 is 1.63 bits per heavy atom. The average Bonchev–Trinajstić information content (AvgIpc) is 2.70. The number of carbonyl (C=O) groups excluding carboxylic acids is 2. The smallest absolute Gasteiger partial charge is 0.142 e. The highest BCUT2D eigenvalue weighted by molar-refractivity contribution is 5.78. The number of carbonyl (C=O) groups is 2. The first-order valence-electron chi connectivity index (χ1n) is 10.4. The van der Waals surface area contributed by atoms with E-state index in [1.165, 1.54) is 0 Å². The number of hydrogen-bond donors (Lipinski definition) is 2. The molecule has 0 amide bonds. The van der Waals surface area contributed by atoms with Crippen LogP contribution in [0, 0.1) is 5.92 Å². The molecule has 0 saturated carbocycles. The molecule has 0 spiro atoms. The second-order valence-corrected chi connectivity index (χ2v) is 5.94. The molecule has 4 heteroatoms. The third-order valence-corrected chi connectivity index (χ3v) is 3.76. The molecule has 158 valence electrons. The van der Waals surface area contributed by atoms with Gasteiger partial charge in [0, 0.05) is 18.5 Å². The highest BCUT2D eigenvalue weighted by Gasteiger charge is 2.10. The van der Waals surface area contributed by atoms with Crippen LogP contribution in [-0.2, 0) is 9.59 Å². The van der Waals surface area contributed by atoms with Gasteiger partial charge in [-0.05, 0) is 44.8 Å². The lowest BCUT2D eigenvalue weighted by Crippen LogP contribution is -2.29. The van der Waals surface area contributed by atoms with Gasteiger partial charge in [-0.2, -0.15) is 0 Å². The molecule has 0 aromatic carbocycles. The van der Waals surface area contributed by atoms with Gasteiger partial charge in [-0.15, -0.1) is 0 Å². The van der Waals surface area contributed by atoms with Crippen LogP contribution < -0.4 is 10.6 Å². The predicted molar refractivity (Wildman–Crippen MR) is 120 cm³/mol. The molecule has 27 heavy (non-hydrogen) atoms. The second-order valence-electron chi connectivity index (χ2n) is 5.94. The Balaban J connectivity index is -0.00000134. The van der Waals surface area contributed by atoms with Gasteiger partial charge >= 0.3 is 0 Å². The summed E-state index contributed by atoms with van der Waals surface area (Å²) < 4.78 is 0. The Labute approximate surface area is 168 Å². The fraction of sp³-hybridized carbons (Fsp3) is 0.652. The number of aldehydes is 1. The Kier molecular flexibility index (Phi) is 24.9. The normalized spacial score (nSPS) is 12.0. The topological polar surface area (TPSA) is 58.2 Å². The SMILES string of the molecule is C=C(/C=C\C(=C)C(C)CCNC)NC(C=O)CCC(=O)CCC.CC.CC. The second kappa shape index (κ2) is 22.4. The van der Waals surface area contributed by atoms with Gasteiger partial charge in [-0.1, -0.05) is 66.3 Å². The van der Waals surface area contributed by atoms with Crippen molar-refractivity contribution in [1.82, 2.24) is 10.6 Å². The third kappa shape index (κ3) is 18.9. The van der Waals surface area contributed by atoms with Crippen molar-refractivity contribution in [3.63, 3.8) is 0 Å². The van der Waals surface area contributed by atoms with Gasteiger partial charge in [0.1, 0.15) is 12.1 Å². The van der Waals surface area contributed by atoms with Crippen LogP contribution in [-0.4, -0.2) is 31.7 Å². The van der Waals surface area contributed by atoms with E-state index in [1.54, 1.807) is 0 Å². The number of Topliss-reactive ketones (excluding diaryl/α,β-unsaturated/α-hetero) is 1. The molecule has 0 radical (unpaired) electrons. The molecule has 0 saturated heterocycles. The number of allylic oxidation sites excluding steroid dienone is 3. The zero-order valence-electron chi connectivity index (χ0n) is 18.9. The standard InChI is InChI=1S/C19H32N2O2.2C2H6/c1-6-7-19(23)11-10-18(14-22)21-17(4)9-8-15(2)16(3)12-13-20-5;2*1-2/h8-9,14,16,18,20-21H,2,4,6-7,10-13H2,1,3,5H3;2*1-2H3/b9-8-;;. The van der Waals surface area contributed by atoms with Crippen molar-refractivity contribution in [3.05, 3.63) is 36.6 Å². The Hall–Kier alpha value is -1.68. The van der Waals surface area contributed by atoms with E-state index in [9.17, 15) is 9.59 Å². The minimum atomic E-state index is -0.372. The maximum Gasteiger partial charge on any atom is 0.142 e. The molecule has 0 rings (SSSR count). The lowest BCUT2D eigenvalue weighted by Gasteiger charge is -2.14.